The number of unbranched alkanes of at least 4 members (excludes halogenated alkanes) is 2. The van der Waals surface area contributed by atoms with Gasteiger partial charge in [0.15, 0.2) is 0 Å². The number of nitrogens with two attached hydrogens (primary N) is 1. The van der Waals surface area contributed by atoms with Gasteiger partial charge in [0.05, 0.1) is 6.61 Å². The lowest BCUT2D eigenvalue weighted by molar-refractivity contribution is 0.266. The standard InChI is InChI=1S/C14H21NO2/c15-14-7-4-11-10-12(5-6-13(11)14)17-9-3-1-2-8-16/h5-6,10,14,16H,1-4,7-9,15H2/t14-/m1/s1. The van der Waals surface area contributed by atoms with Gasteiger partial charge in [-0.3, -0.25) is 0 Å². The Morgan fingerprint density at radius 1 is 1.29 bits per heavy atom. The molecule has 0 radical (unpaired) electrons. The summed E-state index contributed by atoms with van der Waals surface area (Å²) in [5.41, 5.74) is 8.60. The average Bonchev–Trinajstić information content (AvgIpc) is 2.71. The summed E-state index contributed by atoms with van der Waals surface area (Å²) in [5.74, 6) is 0.946. The number of ether oxygens (including phenoxy) is 1. The molecule has 0 unspecified atom stereocenters. The molecule has 0 aliphatic heterocycles. The third-order valence-corrected chi connectivity index (χ3v) is 3.31. The van der Waals surface area contributed by atoms with Crippen LogP contribution in [0.5, 0.6) is 5.75 Å². The van der Waals surface area contributed by atoms with Crippen molar-refractivity contribution in [3.8, 4) is 5.75 Å². The molecule has 1 aliphatic rings. The summed E-state index contributed by atoms with van der Waals surface area (Å²) in [4.78, 5) is 0. The van der Waals surface area contributed by atoms with E-state index in [0.717, 1.165) is 44.5 Å². The molecule has 94 valence electrons. The molecule has 3 heteroatoms. The van der Waals surface area contributed by atoms with Crippen LogP contribution >= 0.6 is 0 Å². The van der Waals surface area contributed by atoms with Crippen molar-refractivity contribution < 1.29 is 9.84 Å². The summed E-state index contributed by atoms with van der Waals surface area (Å²) in [5, 5.41) is 8.66. The van der Waals surface area contributed by atoms with Crippen molar-refractivity contribution >= 4 is 0 Å². The van der Waals surface area contributed by atoms with Gasteiger partial charge in [-0.1, -0.05) is 6.07 Å². The zero-order valence-electron chi connectivity index (χ0n) is 10.2. The summed E-state index contributed by atoms with van der Waals surface area (Å²) in [6.45, 7) is 1.00. The summed E-state index contributed by atoms with van der Waals surface area (Å²) >= 11 is 0. The molecular weight excluding hydrogens is 214 g/mol. The van der Waals surface area contributed by atoms with Crippen molar-refractivity contribution in [2.45, 2.75) is 38.1 Å². The normalized spacial score (nSPS) is 18.1. The summed E-state index contributed by atoms with van der Waals surface area (Å²) in [6, 6.07) is 6.43. The molecule has 3 N–H and O–H groups in total. The number of fused-ring (bicyclic) bond motifs is 1. The van der Waals surface area contributed by atoms with E-state index in [0.29, 0.717) is 0 Å². The molecule has 0 heterocycles. The van der Waals surface area contributed by atoms with Crippen LogP contribution in [0.2, 0.25) is 0 Å². The molecule has 0 fully saturated rings. The molecule has 0 saturated heterocycles. The van der Waals surface area contributed by atoms with E-state index in [9.17, 15) is 0 Å². The third-order valence-electron chi connectivity index (χ3n) is 3.31. The van der Waals surface area contributed by atoms with Gasteiger partial charge in [-0.2, -0.15) is 0 Å². The summed E-state index contributed by atoms with van der Waals surface area (Å²) < 4.78 is 5.69. The molecule has 17 heavy (non-hydrogen) atoms. The van der Waals surface area contributed by atoms with E-state index in [4.69, 9.17) is 15.6 Å². The molecule has 1 aromatic rings. The molecule has 2 rings (SSSR count). The first-order chi connectivity index (χ1) is 8.31. The highest BCUT2D eigenvalue weighted by molar-refractivity contribution is 5.40. The van der Waals surface area contributed by atoms with E-state index in [1.54, 1.807) is 0 Å². The summed E-state index contributed by atoms with van der Waals surface area (Å²) in [7, 11) is 0. The van der Waals surface area contributed by atoms with E-state index in [1.165, 1.54) is 11.1 Å². The monoisotopic (exact) mass is 235 g/mol. The lowest BCUT2D eigenvalue weighted by Gasteiger charge is -2.09. The fraction of sp³-hybridized carbons (Fsp3) is 0.571. The Balaban J connectivity index is 1.82. The van der Waals surface area contributed by atoms with Gasteiger partial charge in [-0.15, -0.1) is 0 Å². The van der Waals surface area contributed by atoms with E-state index >= 15 is 0 Å². The maximum atomic E-state index is 8.66. The maximum absolute atomic E-state index is 8.66. The number of hydrogen-bond donors (Lipinski definition) is 2. The Morgan fingerprint density at radius 3 is 3.00 bits per heavy atom. The van der Waals surface area contributed by atoms with E-state index in [2.05, 4.69) is 12.1 Å². The minimum atomic E-state index is 0.212. The Morgan fingerprint density at radius 2 is 2.18 bits per heavy atom. The van der Waals surface area contributed by atoms with Gasteiger partial charge in [-0.05, 0) is 55.4 Å². The second kappa shape index (κ2) is 6.03. The lowest BCUT2D eigenvalue weighted by atomic mass is 10.1. The van der Waals surface area contributed by atoms with Crippen LogP contribution < -0.4 is 10.5 Å². The largest absolute Gasteiger partial charge is 0.494 e. The molecule has 1 atom stereocenters. The number of aliphatic hydroxyl groups excluding tert-OH is 1. The first-order valence-electron chi connectivity index (χ1n) is 6.43. The number of aliphatic hydroxyl groups is 1. The minimum Gasteiger partial charge on any atom is -0.494 e. The second-order valence-electron chi connectivity index (χ2n) is 4.64. The first-order valence-corrected chi connectivity index (χ1v) is 6.43. The molecule has 0 bridgehead atoms. The molecule has 0 saturated carbocycles. The van der Waals surface area contributed by atoms with Crippen molar-refractivity contribution in [1.82, 2.24) is 0 Å². The molecule has 0 spiro atoms. The van der Waals surface area contributed by atoms with Crippen LogP contribution in [0.15, 0.2) is 18.2 Å². The zero-order valence-corrected chi connectivity index (χ0v) is 10.2. The molecule has 0 aromatic heterocycles. The van der Waals surface area contributed by atoms with Crippen LogP contribution in [0.1, 0.15) is 42.9 Å². The van der Waals surface area contributed by atoms with Gasteiger partial charge >= 0.3 is 0 Å². The smallest absolute Gasteiger partial charge is 0.119 e. The minimum absolute atomic E-state index is 0.212. The summed E-state index contributed by atoms with van der Waals surface area (Å²) in [6.07, 6.45) is 5.00. The van der Waals surface area contributed by atoms with E-state index in [1.807, 2.05) is 6.07 Å². The fourth-order valence-electron chi connectivity index (χ4n) is 2.30. The van der Waals surface area contributed by atoms with Gasteiger partial charge in [-0.25, -0.2) is 0 Å². The van der Waals surface area contributed by atoms with Crippen molar-refractivity contribution in [2.75, 3.05) is 13.2 Å². The zero-order chi connectivity index (χ0) is 12.1. The third kappa shape index (κ3) is 3.20. The van der Waals surface area contributed by atoms with Gasteiger partial charge in [0, 0.05) is 12.6 Å². The second-order valence-corrected chi connectivity index (χ2v) is 4.64. The SMILES string of the molecule is N[C@@H]1CCc2cc(OCCCCCO)ccc21. The van der Waals surface area contributed by atoms with Gasteiger partial charge < -0.3 is 15.6 Å². The van der Waals surface area contributed by atoms with Crippen LogP contribution in [-0.2, 0) is 6.42 Å². The number of aryl methyl sites for hydroxylation is 1. The molecule has 0 amide bonds. The van der Waals surface area contributed by atoms with Gasteiger partial charge in [0.2, 0.25) is 0 Å². The fourth-order valence-corrected chi connectivity index (χ4v) is 2.30. The number of benzene rings is 1. The Hall–Kier alpha value is -1.06. The molecule has 1 aliphatic carbocycles. The van der Waals surface area contributed by atoms with Crippen LogP contribution in [-0.4, -0.2) is 18.3 Å². The maximum Gasteiger partial charge on any atom is 0.119 e. The highest BCUT2D eigenvalue weighted by Gasteiger charge is 2.18. The average molecular weight is 235 g/mol. The van der Waals surface area contributed by atoms with Crippen molar-refractivity contribution in [3.63, 3.8) is 0 Å². The lowest BCUT2D eigenvalue weighted by Crippen LogP contribution is -2.05. The van der Waals surface area contributed by atoms with E-state index < -0.39 is 0 Å². The van der Waals surface area contributed by atoms with Crippen molar-refractivity contribution in [3.05, 3.63) is 29.3 Å². The Labute approximate surface area is 103 Å². The van der Waals surface area contributed by atoms with Crippen LogP contribution in [0, 0.1) is 0 Å². The van der Waals surface area contributed by atoms with Crippen LogP contribution in [0.4, 0.5) is 0 Å². The highest BCUT2D eigenvalue weighted by atomic mass is 16.5. The predicted molar refractivity (Wildman–Crippen MR) is 68.1 cm³/mol. The van der Waals surface area contributed by atoms with E-state index in [-0.39, 0.29) is 12.6 Å². The van der Waals surface area contributed by atoms with Gasteiger partial charge in [0.25, 0.3) is 0 Å². The highest BCUT2D eigenvalue weighted by Crippen LogP contribution is 2.31. The predicted octanol–water partition coefficient (Wildman–Crippen LogP) is 2.17. The number of hydrogen-bond acceptors (Lipinski definition) is 3. The van der Waals surface area contributed by atoms with Gasteiger partial charge in [0.1, 0.15) is 5.75 Å². The van der Waals surface area contributed by atoms with Crippen molar-refractivity contribution in [2.24, 2.45) is 5.73 Å². The molecule has 1 aromatic carbocycles. The van der Waals surface area contributed by atoms with Crippen LogP contribution in [0.3, 0.4) is 0 Å². The topological polar surface area (TPSA) is 55.5 Å². The molecular formula is C14H21NO2. The number of rotatable bonds is 6. The Kier molecular flexibility index (Phi) is 4.40. The quantitative estimate of drug-likeness (QED) is 0.743. The Bertz CT molecular complexity index is 365. The molecule has 3 nitrogen and oxygen atoms in total. The van der Waals surface area contributed by atoms with Crippen LogP contribution in [0.25, 0.3) is 0 Å². The first kappa shape index (κ1) is 12.4. The van der Waals surface area contributed by atoms with Crippen molar-refractivity contribution in [1.29, 1.82) is 0 Å².